The minimum Gasteiger partial charge on any atom is -0.496 e. The van der Waals surface area contributed by atoms with Crippen molar-refractivity contribution in [1.29, 1.82) is 0 Å². The number of aromatic amines is 1. The van der Waals surface area contributed by atoms with Crippen LogP contribution in [0.3, 0.4) is 0 Å². The molecule has 3 aromatic rings. The minimum atomic E-state index is -0.555. The standard InChI is InChI=1S/C18H17FN2O3/c1-3-24-11-7-8-14(13(19)9-11)21-18(22)12-10-20-15-5-4-6-16(23-2)17(12)15/h4-10,20H,3H2,1-2H3,(H,21,22). The fourth-order valence-electron chi connectivity index (χ4n) is 2.54. The molecule has 5 nitrogen and oxygen atoms in total. The highest BCUT2D eigenvalue weighted by molar-refractivity contribution is 6.14. The van der Waals surface area contributed by atoms with Gasteiger partial charge in [0.1, 0.15) is 17.3 Å². The van der Waals surface area contributed by atoms with Crippen LogP contribution < -0.4 is 14.8 Å². The number of benzene rings is 2. The molecule has 0 spiro atoms. The summed E-state index contributed by atoms with van der Waals surface area (Å²) in [6.07, 6.45) is 1.58. The Bertz CT molecular complexity index is 889. The fraction of sp³-hybridized carbons (Fsp3) is 0.167. The number of halogens is 1. The third-order valence-electron chi connectivity index (χ3n) is 3.63. The van der Waals surface area contributed by atoms with Crippen molar-refractivity contribution in [2.75, 3.05) is 19.0 Å². The van der Waals surface area contributed by atoms with Crippen molar-refractivity contribution in [3.8, 4) is 11.5 Å². The molecule has 0 radical (unpaired) electrons. The SMILES string of the molecule is CCOc1ccc(NC(=O)c2c[nH]c3cccc(OC)c23)c(F)c1. The number of methoxy groups -OCH3 is 1. The van der Waals surface area contributed by atoms with Gasteiger partial charge in [-0.05, 0) is 31.2 Å². The van der Waals surface area contributed by atoms with Crippen molar-refractivity contribution in [1.82, 2.24) is 4.98 Å². The summed E-state index contributed by atoms with van der Waals surface area (Å²) in [6.45, 7) is 2.26. The van der Waals surface area contributed by atoms with E-state index in [4.69, 9.17) is 9.47 Å². The van der Waals surface area contributed by atoms with Gasteiger partial charge in [-0.25, -0.2) is 4.39 Å². The number of carbonyl (C=O) groups is 1. The molecule has 0 atom stereocenters. The quantitative estimate of drug-likeness (QED) is 0.745. The lowest BCUT2D eigenvalue weighted by Crippen LogP contribution is -2.12. The first-order chi connectivity index (χ1) is 11.6. The summed E-state index contributed by atoms with van der Waals surface area (Å²) in [5.41, 5.74) is 1.25. The van der Waals surface area contributed by atoms with Crippen LogP contribution in [0.4, 0.5) is 10.1 Å². The third-order valence-corrected chi connectivity index (χ3v) is 3.63. The Morgan fingerprint density at radius 1 is 1.29 bits per heavy atom. The zero-order valence-electron chi connectivity index (χ0n) is 13.4. The highest BCUT2D eigenvalue weighted by atomic mass is 19.1. The summed E-state index contributed by atoms with van der Waals surface area (Å²) in [5, 5.41) is 3.24. The number of anilines is 1. The van der Waals surface area contributed by atoms with Crippen LogP contribution in [0.5, 0.6) is 11.5 Å². The molecule has 0 aliphatic carbocycles. The van der Waals surface area contributed by atoms with E-state index in [1.54, 1.807) is 18.3 Å². The third kappa shape index (κ3) is 2.90. The van der Waals surface area contributed by atoms with Crippen LogP contribution in [0.25, 0.3) is 10.9 Å². The van der Waals surface area contributed by atoms with Crippen molar-refractivity contribution >= 4 is 22.5 Å². The Kier molecular flexibility index (Phi) is 4.37. The summed E-state index contributed by atoms with van der Waals surface area (Å²) in [5.74, 6) is 0.0164. The van der Waals surface area contributed by atoms with Crippen molar-refractivity contribution in [3.63, 3.8) is 0 Å². The molecule has 0 saturated carbocycles. The smallest absolute Gasteiger partial charge is 0.258 e. The van der Waals surface area contributed by atoms with Gasteiger partial charge in [-0.15, -0.1) is 0 Å². The minimum absolute atomic E-state index is 0.0905. The molecule has 0 fully saturated rings. The normalized spacial score (nSPS) is 10.6. The van der Waals surface area contributed by atoms with E-state index in [-0.39, 0.29) is 5.69 Å². The molecule has 2 N–H and O–H groups in total. The molecule has 1 aromatic heterocycles. The zero-order chi connectivity index (χ0) is 17.1. The zero-order valence-corrected chi connectivity index (χ0v) is 13.4. The van der Waals surface area contributed by atoms with Gasteiger partial charge in [-0.2, -0.15) is 0 Å². The van der Waals surface area contributed by atoms with Gasteiger partial charge in [0.05, 0.1) is 30.4 Å². The maximum Gasteiger partial charge on any atom is 0.258 e. The van der Waals surface area contributed by atoms with Gasteiger partial charge in [0.25, 0.3) is 5.91 Å². The van der Waals surface area contributed by atoms with Crippen LogP contribution in [0.2, 0.25) is 0 Å². The van der Waals surface area contributed by atoms with Crippen molar-refractivity contribution in [2.24, 2.45) is 0 Å². The molecule has 0 saturated heterocycles. The van der Waals surface area contributed by atoms with E-state index in [0.717, 1.165) is 5.52 Å². The Balaban J connectivity index is 1.91. The van der Waals surface area contributed by atoms with Crippen molar-refractivity contribution < 1.29 is 18.7 Å². The lowest BCUT2D eigenvalue weighted by Gasteiger charge is -2.09. The Hall–Kier alpha value is -3.02. The lowest BCUT2D eigenvalue weighted by atomic mass is 10.1. The van der Waals surface area contributed by atoms with E-state index >= 15 is 0 Å². The molecular formula is C18H17FN2O3. The summed E-state index contributed by atoms with van der Waals surface area (Å²) in [7, 11) is 1.54. The Morgan fingerprint density at radius 3 is 2.83 bits per heavy atom. The molecule has 124 valence electrons. The van der Waals surface area contributed by atoms with Gasteiger partial charge >= 0.3 is 0 Å². The summed E-state index contributed by atoms with van der Waals surface area (Å²) < 4.78 is 24.6. The second-order valence-corrected chi connectivity index (χ2v) is 5.11. The number of fused-ring (bicyclic) bond motifs is 1. The van der Waals surface area contributed by atoms with Crippen LogP contribution in [0, 0.1) is 5.82 Å². The van der Waals surface area contributed by atoms with Crippen LogP contribution >= 0.6 is 0 Å². The van der Waals surface area contributed by atoms with E-state index < -0.39 is 11.7 Å². The second-order valence-electron chi connectivity index (χ2n) is 5.11. The molecular weight excluding hydrogens is 311 g/mol. The molecule has 3 rings (SSSR count). The van der Waals surface area contributed by atoms with Crippen LogP contribution in [0.15, 0.2) is 42.6 Å². The number of H-pyrrole nitrogens is 1. The molecule has 0 aliphatic heterocycles. The van der Waals surface area contributed by atoms with Gasteiger partial charge in [0.2, 0.25) is 0 Å². The number of amides is 1. The van der Waals surface area contributed by atoms with Crippen molar-refractivity contribution in [2.45, 2.75) is 6.92 Å². The summed E-state index contributed by atoms with van der Waals surface area (Å²) in [6, 6.07) is 9.76. The van der Waals surface area contributed by atoms with E-state index in [1.807, 2.05) is 19.1 Å². The second kappa shape index (κ2) is 6.62. The summed E-state index contributed by atoms with van der Waals surface area (Å²) in [4.78, 5) is 15.6. The first-order valence-corrected chi connectivity index (χ1v) is 7.51. The number of hydrogen-bond donors (Lipinski definition) is 2. The number of ether oxygens (including phenoxy) is 2. The summed E-state index contributed by atoms with van der Waals surface area (Å²) >= 11 is 0. The molecule has 0 bridgehead atoms. The molecule has 0 unspecified atom stereocenters. The Morgan fingerprint density at radius 2 is 2.12 bits per heavy atom. The molecule has 1 amide bonds. The highest BCUT2D eigenvalue weighted by Crippen LogP contribution is 2.29. The first-order valence-electron chi connectivity index (χ1n) is 7.51. The van der Waals surface area contributed by atoms with Gasteiger partial charge in [0, 0.05) is 17.8 Å². The monoisotopic (exact) mass is 328 g/mol. The number of nitrogens with one attached hydrogen (secondary N) is 2. The predicted molar refractivity (Wildman–Crippen MR) is 90.4 cm³/mol. The average molecular weight is 328 g/mol. The molecule has 2 aromatic carbocycles. The van der Waals surface area contributed by atoms with Gasteiger partial charge in [-0.1, -0.05) is 6.07 Å². The topological polar surface area (TPSA) is 63.3 Å². The number of hydrogen-bond acceptors (Lipinski definition) is 3. The van der Waals surface area contributed by atoms with Crippen molar-refractivity contribution in [3.05, 3.63) is 54.0 Å². The Labute approximate surface area is 138 Å². The predicted octanol–water partition coefficient (Wildman–Crippen LogP) is 3.97. The maximum atomic E-state index is 14.1. The first kappa shape index (κ1) is 15.9. The van der Waals surface area contributed by atoms with E-state index in [2.05, 4.69) is 10.3 Å². The lowest BCUT2D eigenvalue weighted by molar-refractivity contribution is 0.102. The molecule has 0 aliphatic rings. The molecule has 1 heterocycles. The largest absolute Gasteiger partial charge is 0.496 e. The maximum absolute atomic E-state index is 14.1. The van der Waals surface area contributed by atoms with Gasteiger partial charge in [0.15, 0.2) is 0 Å². The van der Waals surface area contributed by atoms with E-state index in [0.29, 0.717) is 29.1 Å². The van der Waals surface area contributed by atoms with E-state index in [9.17, 15) is 9.18 Å². The van der Waals surface area contributed by atoms with Crippen LogP contribution in [0.1, 0.15) is 17.3 Å². The number of carbonyl (C=O) groups excluding carboxylic acids is 1. The van der Waals surface area contributed by atoms with E-state index in [1.165, 1.54) is 19.2 Å². The number of aromatic nitrogens is 1. The van der Waals surface area contributed by atoms with Crippen LogP contribution in [-0.2, 0) is 0 Å². The van der Waals surface area contributed by atoms with Gasteiger partial charge in [-0.3, -0.25) is 4.79 Å². The molecule has 24 heavy (non-hydrogen) atoms. The fourth-order valence-corrected chi connectivity index (χ4v) is 2.54. The van der Waals surface area contributed by atoms with Gasteiger partial charge < -0.3 is 19.8 Å². The molecule has 6 heteroatoms. The van der Waals surface area contributed by atoms with Crippen LogP contribution in [-0.4, -0.2) is 24.6 Å². The highest BCUT2D eigenvalue weighted by Gasteiger charge is 2.17. The number of rotatable bonds is 5. The average Bonchev–Trinajstić information content (AvgIpc) is 3.02.